The number of hydrogen-bond donors (Lipinski definition) is 3. The van der Waals surface area contributed by atoms with Crippen molar-refractivity contribution < 1.29 is 8.42 Å². The van der Waals surface area contributed by atoms with Crippen LogP contribution in [0.3, 0.4) is 0 Å². The zero-order valence-corrected chi connectivity index (χ0v) is 18.5. The lowest BCUT2D eigenvalue weighted by Gasteiger charge is -2.13. The Morgan fingerprint density at radius 3 is 2.38 bits per heavy atom. The first kappa shape index (κ1) is 22.9. The molecule has 0 radical (unpaired) electrons. The van der Waals surface area contributed by atoms with E-state index in [0.717, 1.165) is 24.9 Å². The fourth-order valence-corrected chi connectivity index (χ4v) is 3.72. The Morgan fingerprint density at radius 1 is 1.03 bits per heavy atom. The lowest BCUT2D eigenvalue weighted by atomic mass is 10.0. The van der Waals surface area contributed by atoms with E-state index in [9.17, 15) is 8.42 Å². The number of rotatable bonds is 9. The van der Waals surface area contributed by atoms with Crippen LogP contribution < -0.4 is 15.4 Å². The van der Waals surface area contributed by atoms with Crippen LogP contribution in [-0.2, 0) is 23.0 Å². The Balaban J connectivity index is 1.79. The molecule has 0 heterocycles. The topological polar surface area (TPSA) is 82.6 Å². The summed E-state index contributed by atoms with van der Waals surface area (Å²) in [6, 6.07) is 15.7. The van der Waals surface area contributed by atoms with E-state index in [1.165, 1.54) is 18.2 Å². The maximum atomic E-state index is 11.9. The van der Waals surface area contributed by atoms with Gasteiger partial charge in [-0.05, 0) is 54.6 Å². The third-order valence-corrected chi connectivity index (χ3v) is 6.15. The van der Waals surface area contributed by atoms with Gasteiger partial charge in [0.2, 0.25) is 10.0 Å². The third-order valence-electron chi connectivity index (χ3n) is 4.74. The molecular weight excluding hydrogens is 384 g/mol. The minimum absolute atomic E-state index is 0.255. The average Bonchev–Trinajstić information content (AvgIpc) is 2.73. The molecule has 7 heteroatoms. The molecule has 0 saturated heterocycles. The van der Waals surface area contributed by atoms with Crippen LogP contribution in [0.2, 0.25) is 0 Å². The Labute approximate surface area is 174 Å². The summed E-state index contributed by atoms with van der Waals surface area (Å²) < 4.78 is 26.2. The fourth-order valence-electron chi connectivity index (χ4n) is 2.92. The molecule has 29 heavy (non-hydrogen) atoms. The van der Waals surface area contributed by atoms with Gasteiger partial charge in [-0.1, -0.05) is 50.2 Å². The van der Waals surface area contributed by atoms with Gasteiger partial charge in [0.25, 0.3) is 0 Å². The standard InChI is InChI=1S/C22H32N4O2S/c1-17(2)20-12-10-18(11-13-20)8-6-14-25-22(23-3)26-16-19-7-5-9-21(15-19)29(27,28)24-4/h5,7,9-13,15,17,24H,6,8,14,16H2,1-4H3,(H2,23,25,26). The van der Waals surface area contributed by atoms with E-state index < -0.39 is 10.0 Å². The summed E-state index contributed by atoms with van der Waals surface area (Å²) >= 11 is 0. The van der Waals surface area contributed by atoms with Crippen molar-refractivity contribution in [2.75, 3.05) is 20.6 Å². The van der Waals surface area contributed by atoms with Gasteiger partial charge in [-0.2, -0.15) is 0 Å². The number of guanidine groups is 1. The van der Waals surface area contributed by atoms with E-state index in [1.54, 1.807) is 25.2 Å². The summed E-state index contributed by atoms with van der Waals surface area (Å²) in [6.45, 7) is 5.70. The van der Waals surface area contributed by atoms with E-state index in [1.807, 2.05) is 6.07 Å². The van der Waals surface area contributed by atoms with Crippen LogP contribution in [0, 0.1) is 0 Å². The van der Waals surface area contributed by atoms with Gasteiger partial charge < -0.3 is 10.6 Å². The summed E-state index contributed by atoms with van der Waals surface area (Å²) in [5.74, 6) is 1.25. The highest BCUT2D eigenvalue weighted by atomic mass is 32.2. The molecule has 0 saturated carbocycles. The zero-order valence-electron chi connectivity index (χ0n) is 17.7. The molecule has 0 unspecified atom stereocenters. The van der Waals surface area contributed by atoms with Gasteiger partial charge in [-0.25, -0.2) is 13.1 Å². The largest absolute Gasteiger partial charge is 0.356 e. The Kier molecular flexibility index (Phi) is 8.67. The van der Waals surface area contributed by atoms with Crippen molar-refractivity contribution in [1.29, 1.82) is 0 Å². The zero-order chi connectivity index (χ0) is 21.3. The van der Waals surface area contributed by atoms with Crippen molar-refractivity contribution in [3.8, 4) is 0 Å². The van der Waals surface area contributed by atoms with Crippen molar-refractivity contribution >= 4 is 16.0 Å². The molecule has 6 nitrogen and oxygen atoms in total. The molecule has 0 aliphatic heterocycles. The van der Waals surface area contributed by atoms with Gasteiger partial charge in [0.05, 0.1) is 4.90 Å². The lowest BCUT2D eigenvalue weighted by Crippen LogP contribution is -2.37. The van der Waals surface area contributed by atoms with Gasteiger partial charge in [-0.15, -0.1) is 0 Å². The Hall–Kier alpha value is -2.38. The average molecular weight is 417 g/mol. The number of aryl methyl sites for hydroxylation is 1. The minimum atomic E-state index is -3.44. The number of sulfonamides is 1. The van der Waals surface area contributed by atoms with Crippen LogP contribution in [0.25, 0.3) is 0 Å². The molecule has 0 aliphatic carbocycles. The van der Waals surface area contributed by atoms with E-state index in [0.29, 0.717) is 18.4 Å². The molecule has 0 atom stereocenters. The molecule has 0 fully saturated rings. The van der Waals surface area contributed by atoms with Gasteiger partial charge in [0.15, 0.2) is 5.96 Å². The van der Waals surface area contributed by atoms with Gasteiger partial charge in [-0.3, -0.25) is 4.99 Å². The summed E-state index contributed by atoms with van der Waals surface area (Å²) in [5.41, 5.74) is 3.57. The van der Waals surface area contributed by atoms with Gasteiger partial charge in [0, 0.05) is 20.1 Å². The normalized spacial score (nSPS) is 12.2. The highest BCUT2D eigenvalue weighted by molar-refractivity contribution is 7.89. The first-order valence-corrected chi connectivity index (χ1v) is 11.4. The molecule has 0 amide bonds. The quantitative estimate of drug-likeness (QED) is 0.333. The predicted octanol–water partition coefficient (Wildman–Crippen LogP) is 3.02. The Morgan fingerprint density at radius 2 is 1.76 bits per heavy atom. The van der Waals surface area contributed by atoms with E-state index in [-0.39, 0.29) is 4.90 Å². The van der Waals surface area contributed by atoms with Crippen molar-refractivity contribution in [1.82, 2.24) is 15.4 Å². The van der Waals surface area contributed by atoms with Crippen molar-refractivity contribution in [3.63, 3.8) is 0 Å². The predicted molar refractivity (Wildman–Crippen MR) is 120 cm³/mol. The highest BCUT2D eigenvalue weighted by Gasteiger charge is 2.11. The third kappa shape index (κ3) is 7.18. The second kappa shape index (κ2) is 11.0. The summed E-state index contributed by atoms with van der Waals surface area (Å²) in [6.07, 6.45) is 2.00. The van der Waals surface area contributed by atoms with Crippen molar-refractivity contribution in [3.05, 3.63) is 65.2 Å². The maximum Gasteiger partial charge on any atom is 0.240 e. The number of nitrogens with zero attached hydrogens (tertiary/aromatic N) is 1. The smallest absolute Gasteiger partial charge is 0.240 e. The van der Waals surface area contributed by atoms with E-state index in [2.05, 4.69) is 58.5 Å². The van der Waals surface area contributed by atoms with E-state index >= 15 is 0 Å². The van der Waals surface area contributed by atoms with Crippen LogP contribution in [-0.4, -0.2) is 35.0 Å². The Bertz CT molecular complexity index is 907. The number of benzene rings is 2. The summed E-state index contributed by atoms with van der Waals surface area (Å²) in [7, 11) is -0.309. The molecule has 2 aromatic rings. The van der Waals surface area contributed by atoms with Gasteiger partial charge in [0.1, 0.15) is 0 Å². The van der Waals surface area contributed by atoms with E-state index in [4.69, 9.17) is 0 Å². The molecular formula is C22H32N4O2S. The number of aliphatic imine (C=N–C) groups is 1. The van der Waals surface area contributed by atoms with Crippen LogP contribution in [0.4, 0.5) is 0 Å². The minimum Gasteiger partial charge on any atom is -0.356 e. The van der Waals surface area contributed by atoms with Crippen LogP contribution in [0.1, 0.15) is 42.9 Å². The molecule has 2 rings (SSSR count). The van der Waals surface area contributed by atoms with Crippen LogP contribution >= 0.6 is 0 Å². The maximum absolute atomic E-state index is 11.9. The first-order valence-electron chi connectivity index (χ1n) is 9.91. The van der Waals surface area contributed by atoms with Crippen molar-refractivity contribution in [2.24, 2.45) is 4.99 Å². The number of hydrogen-bond acceptors (Lipinski definition) is 3. The van der Waals surface area contributed by atoms with Crippen LogP contribution in [0.15, 0.2) is 58.4 Å². The molecule has 158 valence electrons. The van der Waals surface area contributed by atoms with Crippen LogP contribution in [0.5, 0.6) is 0 Å². The SMILES string of the molecule is CN=C(NCCCc1ccc(C(C)C)cc1)NCc1cccc(S(=O)(=O)NC)c1. The highest BCUT2D eigenvalue weighted by Crippen LogP contribution is 2.15. The summed E-state index contributed by atoms with van der Waals surface area (Å²) in [5, 5.41) is 6.53. The second-order valence-electron chi connectivity index (χ2n) is 7.21. The first-order chi connectivity index (χ1) is 13.9. The molecule has 3 N–H and O–H groups in total. The monoisotopic (exact) mass is 416 g/mol. The molecule has 0 spiro atoms. The second-order valence-corrected chi connectivity index (χ2v) is 9.09. The summed E-state index contributed by atoms with van der Waals surface area (Å²) in [4.78, 5) is 4.49. The molecule has 0 bridgehead atoms. The number of nitrogens with one attached hydrogen (secondary N) is 3. The van der Waals surface area contributed by atoms with Crippen molar-refractivity contribution in [2.45, 2.75) is 44.0 Å². The lowest BCUT2D eigenvalue weighted by molar-refractivity contribution is 0.588. The van der Waals surface area contributed by atoms with Gasteiger partial charge >= 0.3 is 0 Å². The molecule has 0 aromatic heterocycles. The fraction of sp³-hybridized carbons (Fsp3) is 0.409. The molecule has 0 aliphatic rings. The molecule has 2 aromatic carbocycles.